The highest BCUT2D eigenvalue weighted by Crippen LogP contribution is 2.14. The van der Waals surface area contributed by atoms with Gasteiger partial charge in [-0.25, -0.2) is 4.98 Å². The van der Waals surface area contributed by atoms with Crippen LogP contribution in [0.4, 0.5) is 8.78 Å². The van der Waals surface area contributed by atoms with Crippen molar-refractivity contribution >= 4 is 5.78 Å². The van der Waals surface area contributed by atoms with Gasteiger partial charge in [0.1, 0.15) is 5.82 Å². The predicted molar refractivity (Wildman–Crippen MR) is 57.0 cm³/mol. The third kappa shape index (κ3) is 2.41. The SMILES string of the molecule is CC(=O)c1ccn(Cc2nccn2C(F)F)c1. The van der Waals surface area contributed by atoms with Crippen molar-refractivity contribution in [2.45, 2.75) is 20.0 Å². The van der Waals surface area contributed by atoms with Crippen molar-refractivity contribution in [3.8, 4) is 0 Å². The third-order valence-electron chi connectivity index (χ3n) is 2.44. The van der Waals surface area contributed by atoms with Crippen molar-refractivity contribution in [1.29, 1.82) is 0 Å². The minimum Gasteiger partial charge on any atom is -0.346 e. The van der Waals surface area contributed by atoms with E-state index in [1.54, 1.807) is 23.0 Å². The quantitative estimate of drug-likeness (QED) is 0.768. The summed E-state index contributed by atoms with van der Waals surface area (Å²) < 4.78 is 27.6. The largest absolute Gasteiger partial charge is 0.346 e. The fourth-order valence-electron chi connectivity index (χ4n) is 1.55. The average Bonchev–Trinajstić information content (AvgIpc) is 2.86. The van der Waals surface area contributed by atoms with Crippen LogP contribution in [0.3, 0.4) is 0 Å². The van der Waals surface area contributed by atoms with Gasteiger partial charge in [0.05, 0.1) is 6.54 Å². The van der Waals surface area contributed by atoms with Crippen molar-refractivity contribution < 1.29 is 13.6 Å². The van der Waals surface area contributed by atoms with E-state index in [1.165, 1.54) is 19.3 Å². The normalized spacial score (nSPS) is 11.1. The number of Topliss-reactive ketones (excluding diaryl/α,β-unsaturated/α-hetero) is 1. The van der Waals surface area contributed by atoms with Gasteiger partial charge in [-0.15, -0.1) is 0 Å². The maximum Gasteiger partial charge on any atom is 0.319 e. The first kappa shape index (κ1) is 11.5. The Bertz CT molecular complexity index is 530. The molecule has 90 valence electrons. The van der Waals surface area contributed by atoms with Crippen LogP contribution < -0.4 is 0 Å². The Morgan fingerprint density at radius 3 is 2.82 bits per heavy atom. The maximum atomic E-state index is 12.6. The Kier molecular flexibility index (Phi) is 3.03. The van der Waals surface area contributed by atoms with Gasteiger partial charge in [-0.3, -0.25) is 9.36 Å². The van der Waals surface area contributed by atoms with Crippen LogP contribution in [0.2, 0.25) is 0 Å². The lowest BCUT2D eigenvalue weighted by Crippen LogP contribution is -2.07. The lowest BCUT2D eigenvalue weighted by atomic mass is 10.2. The molecule has 0 aliphatic rings. The van der Waals surface area contributed by atoms with Crippen molar-refractivity contribution in [3.63, 3.8) is 0 Å². The van der Waals surface area contributed by atoms with Gasteiger partial charge in [0.15, 0.2) is 5.78 Å². The highest BCUT2D eigenvalue weighted by atomic mass is 19.3. The Labute approximate surface area is 96.5 Å². The predicted octanol–water partition coefficient (Wildman–Crippen LogP) is 2.33. The molecule has 0 aromatic carbocycles. The summed E-state index contributed by atoms with van der Waals surface area (Å²) in [4.78, 5) is 14.9. The zero-order valence-electron chi connectivity index (χ0n) is 9.18. The number of hydrogen-bond donors (Lipinski definition) is 0. The number of nitrogens with zero attached hydrogens (tertiary/aromatic N) is 3. The van der Waals surface area contributed by atoms with Gasteiger partial charge in [0.25, 0.3) is 0 Å². The standard InChI is InChI=1S/C11H11F2N3O/c1-8(17)9-2-4-15(6-9)7-10-14-3-5-16(10)11(12)13/h2-6,11H,7H2,1H3. The molecule has 0 saturated carbocycles. The number of alkyl halides is 2. The fourth-order valence-corrected chi connectivity index (χ4v) is 1.55. The summed E-state index contributed by atoms with van der Waals surface area (Å²) in [5.41, 5.74) is 0.556. The maximum absolute atomic E-state index is 12.6. The van der Waals surface area contributed by atoms with Gasteiger partial charge in [0, 0.05) is 30.4 Å². The molecule has 2 heterocycles. The monoisotopic (exact) mass is 239 g/mol. The van der Waals surface area contributed by atoms with E-state index in [9.17, 15) is 13.6 Å². The number of imidazole rings is 1. The summed E-state index contributed by atoms with van der Waals surface area (Å²) in [7, 11) is 0. The van der Waals surface area contributed by atoms with E-state index in [0.717, 1.165) is 4.57 Å². The Balaban J connectivity index is 2.19. The third-order valence-corrected chi connectivity index (χ3v) is 2.44. The van der Waals surface area contributed by atoms with Crippen molar-refractivity contribution in [3.05, 3.63) is 42.2 Å². The van der Waals surface area contributed by atoms with E-state index in [0.29, 0.717) is 5.56 Å². The topological polar surface area (TPSA) is 39.8 Å². The summed E-state index contributed by atoms with van der Waals surface area (Å²) in [6.45, 7) is -0.931. The Hall–Kier alpha value is -1.98. The minimum atomic E-state index is -2.60. The smallest absolute Gasteiger partial charge is 0.319 e. The second kappa shape index (κ2) is 4.48. The van der Waals surface area contributed by atoms with Gasteiger partial charge in [-0.2, -0.15) is 8.78 Å². The Morgan fingerprint density at radius 2 is 2.24 bits per heavy atom. The lowest BCUT2D eigenvalue weighted by Gasteiger charge is -2.06. The van der Waals surface area contributed by atoms with Gasteiger partial charge in [0.2, 0.25) is 0 Å². The van der Waals surface area contributed by atoms with E-state index < -0.39 is 6.55 Å². The molecular weight excluding hydrogens is 228 g/mol. The fraction of sp³-hybridized carbons (Fsp3) is 0.273. The number of ketones is 1. The number of aromatic nitrogens is 3. The molecular formula is C11H11F2N3O. The molecule has 0 N–H and O–H groups in total. The molecule has 6 heteroatoms. The van der Waals surface area contributed by atoms with Crippen LogP contribution in [0, 0.1) is 0 Å². The molecule has 0 unspecified atom stereocenters. The van der Waals surface area contributed by atoms with E-state index >= 15 is 0 Å². The van der Waals surface area contributed by atoms with Crippen LogP contribution in [0.1, 0.15) is 29.7 Å². The average molecular weight is 239 g/mol. The first-order chi connectivity index (χ1) is 8.08. The number of halogens is 2. The van der Waals surface area contributed by atoms with Crippen molar-refractivity contribution in [2.24, 2.45) is 0 Å². The molecule has 2 aromatic heterocycles. The van der Waals surface area contributed by atoms with Gasteiger partial charge < -0.3 is 4.57 Å². The summed E-state index contributed by atoms with van der Waals surface area (Å²) in [6, 6.07) is 1.65. The first-order valence-electron chi connectivity index (χ1n) is 5.04. The molecule has 0 spiro atoms. The summed E-state index contributed by atoms with van der Waals surface area (Å²) in [5.74, 6) is 0.201. The van der Waals surface area contributed by atoms with E-state index in [1.807, 2.05) is 0 Å². The molecule has 0 saturated heterocycles. The molecule has 2 aromatic rings. The number of carbonyl (C=O) groups is 1. The molecule has 0 amide bonds. The van der Waals surface area contributed by atoms with Crippen molar-refractivity contribution in [1.82, 2.24) is 14.1 Å². The number of hydrogen-bond acceptors (Lipinski definition) is 2. The van der Waals surface area contributed by atoms with E-state index in [-0.39, 0.29) is 18.2 Å². The highest BCUT2D eigenvalue weighted by Gasteiger charge is 2.11. The van der Waals surface area contributed by atoms with Crippen LogP contribution >= 0.6 is 0 Å². The van der Waals surface area contributed by atoms with Crippen LogP contribution in [0.5, 0.6) is 0 Å². The molecule has 0 aliphatic carbocycles. The molecule has 0 aliphatic heterocycles. The Morgan fingerprint density at radius 1 is 1.47 bits per heavy atom. The van der Waals surface area contributed by atoms with Crippen LogP contribution in [-0.2, 0) is 6.54 Å². The first-order valence-corrected chi connectivity index (χ1v) is 5.04. The highest BCUT2D eigenvalue weighted by molar-refractivity contribution is 5.93. The van der Waals surface area contributed by atoms with Crippen molar-refractivity contribution in [2.75, 3.05) is 0 Å². The second-order valence-electron chi connectivity index (χ2n) is 3.66. The van der Waals surface area contributed by atoms with Crippen LogP contribution in [-0.4, -0.2) is 19.9 Å². The molecule has 0 atom stereocenters. The number of carbonyl (C=O) groups excluding carboxylic acids is 1. The summed E-state index contributed by atoms with van der Waals surface area (Å²) in [6.07, 6.45) is 5.85. The minimum absolute atomic E-state index is 0.0547. The van der Waals surface area contributed by atoms with Crippen LogP contribution in [0.25, 0.3) is 0 Å². The second-order valence-corrected chi connectivity index (χ2v) is 3.66. The summed E-state index contributed by atoms with van der Waals surface area (Å²) in [5, 5.41) is 0. The summed E-state index contributed by atoms with van der Waals surface area (Å²) >= 11 is 0. The van der Waals surface area contributed by atoms with Gasteiger partial charge in [-0.05, 0) is 13.0 Å². The zero-order chi connectivity index (χ0) is 12.4. The zero-order valence-corrected chi connectivity index (χ0v) is 9.18. The van der Waals surface area contributed by atoms with Crippen LogP contribution in [0.15, 0.2) is 30.9 Å². The molecule has 0 radical (unpaired) electrons. The molecule has 4 nitrogen and oxygen atoms in total. The molecule has 0 fully saturated rings. The molecule has 0 bridgehead atoms. The van der Waals surface area contributed by atoms with E-state index in [4.69, 9.17) is 0 Å². The molecule has 2 rings (SSSR count). The lowest BCUT2D eigenvalue weighted by molar-refractivity contribution is 0.0667. The van der Waals surface area contributed by atoms with Gasteiger partial charge >= 0.3 is 6.55 Å². The van der Waals surface area contributed by atoms with Gasteiger partial charge in [-0.1, -0.05) is 0 Å². The molecule has 17 heavy (non-hydrogen) atoms. The number of rotatable bonds is 4. The van der Waals surface area contributed by atoms with E-state index in [2.05, 4.69) is 4.98 Å².